The first-order chi connectivity index (χ1) is 9.41. The quantitative estimate of drug-likeness (QED) is 0.290. The largest absolute Gasteiger partial charge is 0.302 e. The normalized spacial score (nSPS) is 11.1. The summed E-state index contributed by atoms with van der Waals surface area (Å²) in [6.07, 6.45) is 17.9. The van der Waals surface area contributed by atoms with Gasteiger partial charge < -0.3 is 4.84 Å². The van der Waals surface area contributed by atoms with Crippen LogP contribution in [0.3, 0.4) is 0 Å². The van der Waals surface area contributed by atoms with E-state index in [1.54, 1.807) is 0 Å². The molecule has 0 atom stereocenters. The molecule has 0 radical (unpaired) electrons. The Morgan fingerprint density at radius 1 is 0.579 bits per heavy atom. The lowest BCUT2D eigenvalue weighted by atomic mass is 10.1. The van der Waals surface area contributed by atoms with E-state index in [2.05, 4.69) is 19.3 Å². The molecule has 0 aliphatic heterocycles. The van der Waals surface area contributed by atoms with E-state index in [9.17, 15) is 0 Å². The Balaban J connectivity index is 2.88. The molecule has 0 aromatic carbocycles. The molecule has 0 heterocycles. The van der Waals surface area contributed by atoms with Gasteiger partial charge in [0.25, 0.3) is 0 Å². The summed E-state index contributed by atoms with van der Waals surface area (Å²) in [6.45, 7) is 6.28. The molecule has 1 N–H and O–H groups in total. The summed E-state index contributed by atoms with van der Waals surface area (Å²) >= 11 is 0. The van der Waals surface area contributed by atoms with Gasteiger partial charge in [0.15, 0.2) is 0 Å². The Morgan fingerprint density at radius 2 is 1.05 bits per heavy atom. The molecule has 0 bridgehead atoms. The van der Waals surface area contributed by atoms with Crippen LogP contribution in [0.1, 0.15) is 97.3 Å². The zero-order chi connectivity index (χ0) is 14.0. The van der Waals surface area contributed by atoms with Crippen molar-refractivity contribution in [1.82, 2.24) is 5.48 Å². The number of hydrogen-bond acceptors (Lipinski definition) is 2. The molecule has 0 saturated heterocycles. The van der Waals surface area contributed by atoms with Gasteiger partial charge in [-0.1, -0.05) is 84.5 Å². The van der Waals surface area contributed by atoms with Crippen LogP contribution in [-0.2, 0) is 4.84 Å². The molecule has 2 heteroatoms. The summed E-state index contributed by atoms with van der Waals surface area (Å²) in [5.41, 5.74) is 2.97. The Hall–Kier alpha value is -0.0800. The van der Waals surface area contributed by atoms with Crippen molar-refractivity contribution in [2.45, 2.75) is 97.3 Å². The molecule has 19 heavy (non-hydrogen) atoms. The highest BCUT2D eigenvalue weighted by Crippen LogP contribution is 2.11. The van der Waals surface area contributed by atoms with Gasteiger partial charge in [-0.05, 0) is 12.8 Å². The number of unbranched alkanes of at least 4 members (excludes halogenated alkanes) is 11. The summed E-state index contributed by atoms with van der Waals surface area (Å²) < 4.78 is 0. The fourth-order valence-electron chi connectivity index (χ4n) is 2.26. The van der Waals surface area contributed by atoms with E-state index in [0.29, 0.717) is 0 Å². The third kappa shape index (κ3) is 17.9. The van der Waals surface area contributed by atoms with Crippen LogP contribution in [0.5, 0.6) is 0 Å². The van der Waals surface area contributed by atoms with Gasteiger partial charge in [-0.2, -0.15) is 0 Å². The second-order valence-electron chi connectivity index (χ2n) is 5.63. The third-order valence-electron chi connectivity index (χ3n) is 3.55. The predicted octanol–water partition coefficient (Wildman–Crippen LogP) is 5.62. The van der Waals surface area contributed by atoms with E-state index in [1.165, 1.54) is 77.0 Å². The van der Waals surface area contributed by atoms with Crippen molar-refractivity contribution < 1.29 is 4.84 Å². The van der Waals surface area contributed by atoms with Crippen LogP contribution in [0.2, 0.25) is 0 Å². The van der Waals surface area contributed by atoms with Gasteiger partial charge in [0.05, 0.1) is 6.61 Å². The van der Waals surface area contributed by atoms with Crippen LogP contribution in [0.15, 0.2) is 0 Å². The molecule has 0 unspecified atom stereocenters. The molecular weight excluding hydrogens is 234 g/mol. The standard InChI is InChI=1S/C17H37NO/c1-3-5-6-7-8-9-10-11-12-13-14-15-17-19-18-16-4-2/h18H,3-17H2,1-2H3. The monoisotopic (exact) mass is 271 g/mol. The van der Waals surface area contributed by atoms with Crippen LogP contribution in [0.25, 0.3) is 0 Å². The van der Waals surface area contributed by atoms with Crippen LogP contribution >= 0.6 is 0 Å². The first-order valence-corrected chi connectivity index (χ1v) is 8.76. The van der Waals surface area contributed by atoms with Crippen molar-refractivity contribution >= 4 is 0 Å². The lowest BCUT2D eigenvalue weighted by molar-refractivity contribution is 0.0387. The molecule has 0 rings (SSSR count). The summed E-state index contributed by atoms with van der Waals surface area (Å²) in [4.78, 5) is 5.32. The van der Waals surface area contributed by atoms with E-state index in [0.717, 1.165) is 19.6 Å². The van der Waals surface area contributed by atoms with Crippen LogP contribution in [0.4, 0.5) is 0 Å². The highest BCUT2D eigenvalue weighted by atomic mass is 16.6. The predicted molar refractivity (Wildman–Crippen MR) is 85.3 cm³/mol. The average molecular weight is 271 g/mol. The fourth-order valence-corrected chi connectivity index (χ4v) is 2.26. The summed E-state index contributed by atoms with van der Waals surface area (Å²) in [5.74, 6) is 0. The van der Waals surface area contributed by atoms with Gasteiger partial charge in [0, 0.05) is 6.54 Å². The van der Waals surface area contributed by atoms with Crippen molar-refractivity contribution in [2.24, 2.45) is 0 Å². The molecule has 0 aromatic rings. The van der Waals surface area contributed by atoms with E-state index >= 15 is 0 Å². The zero-order valence-corrected chi connectivity index (χ0v) is 13.5. The maximum atomic E-state index is 5.32. The van der Waals surface area contributed by atoms with E-state index in [-0.39, 0.29) is 0 Å². The van der Waals surface area contributed by atoms with Crippen LogP contribution in [0, 0.1) is 0 Å². The summed E-state index contributed by atoms with van der Waals surface area (Å²) in [7, 11) is 0. The van der Waals surface area contributed by atoms with Crippen molar-refractivity contribution in [2.75, 3.05) is 13.2 Å². The Bertz CT molecular complexity index is 134. The Kier molecular flexibility index (Phi) is 17.8. The minimum absolute atomic E-state index is 0.872. The maximum absolute atomic E-state index is 5.32. The SMILES string of the molecule is CCCCCCCCCCCCCCONCCC. The van der Waals surface area contributed by atoms with Gasteiger partial charge in [-0.15, -0.1) is 0 Å². The number of rotatable bonds is 16. The van der Waals surface area contributed by atoms with Gasteiger partial charge in [-0.3, -0.25) is 0 Å². The lowest BCUT2D eigenvalue weighted by Gasteiger charge is -2.04. The topological polar surface area (TPSA) is 21.3 Å². The van der Waals surface area contributed by atoms with Gasteiger partial charge in [0.2, 0.25) is 0 Å². The molecule has 0 saturated carbocycles. The molecule has 0 aromatic heterocycles. The van der Waals surface area contributed by atoms with Crippen molar-refractivity contribution in [3.8, 4) is 0 Å². The number of nitrogens with one attached hydrogen (secondary N) is 1. The Morgan fingerprint density at radius 3 is 1.53 bits per heavy atom. The molecule has 0 spiro atoms. The van der Waals surface area contributed by atoms with Crippen molar-refractivity contribution in [1.29, 1.82) is 0 Å². The number of hydrogen-bond donors (Lipinski definition) is 1. The molecular formula is C17H37NO. The fraction of sp³-hybridized carbons (Fsp3) is 1.00. The minimum atomic E-state index is 0.872. The van der Waals surface area contributed by atoms with Crippen molar-refractivity contribution in [3.63, 3.8) is 0 Å². The van der Waals surface area contributed by atoms with Crippen LogP contribution < -0.4 is 5.48 Å². The first-order valence-electron chi connectivity index (χ1n) is 8.76. The smallest absolute Gasteiger partial charge is 0.0682 e. The first kappa shape index (κ1) is 18.9. The third-order valence-corrected chi connectivity index (χ3v) is 3.55. The molecule has 0 amide bonds. The summed E-state index contributed by atoms with van der Waals surface area (Å²) in [6, 6.07) is 0. The van der Waals surface area contributed by atoms with Gasteiger partial charge >= 0.3 is 0 Å². The molecule has 0 aliphatic rings. The lowest BCUT2D eigenvalue weighted by Crippen LogP contribution is -2.15. The minimum Gasteiger partial charge on any atom is -0.302 e. The highest BCUT2D eigenvalue weighted by Gasteiger charge is 1.93. The highest BCUT2D eigenvalue weighted by molar-refractivity contribution is 4.48. The average Bonchev–Trinajstić information content (AvgIpc) is 2.43. The second kappa shape index (κ2) is 17.9. The zero-order valence-electron chi connectivity index (χ0n) is 13.5. The van der Waals surface area contributed by atoms with Crippen molar-refractivity contribution in [3.05, 3.63) is 0 Å². The molecule has 116 valence electrons. The van der Waals surface area contributed by atoms with E-state index in [4.69, 9.17) is 4.84 Å². The number of hydroxylamine groups is 1. The van der Waals surface area contributed by atoms with Crippen LogP contribution in [-0.4, -0.2) is 13.2 Å². The molecule has 0 fully saturated rings. The maximum Gasteiger partial charge on any atom is 0.0682 e. The molecule has 0 aliphatic carbocycles. The second-order valence-corrected chi connectivity index (χ2v) is 5.63. The summed E-state index contributed by atoms with van der Waals surface area (Å²) in [5, 5.41) is 0. The molecule has 2 nitrogen and oxygen atoms in total. The van der Waals surface area contributed by atoms with Gasteiger partial charge in [-0.25, -0.2) is 5.48 Å². The van der Waals surface area contributed by atoms with E-state index in [1.807, 2.05) is 0 Å². The van der Waals surface area contributed by atoms with Gasteiger partial charge in [0.1, 0.15) is 0 Å². The Labute approximate surface area is 121 Å². The van der Waals surface area contributed by atoms with E-state index < -0.39 is 0 Å².